The summed E-state index contributed by atoms with van der Waals surface area (Å²) in [7, 11) is 0. The maximum absolute atomic E-state index is 7.31. The number of hydrogen-bond acceptors (Lipinski definition) is 4. The van der Waals surface area contributed by atoms with Crippen molar-refractivity contribution in [1.29, 1.82) is 0 Å². The van der Waals surface area contributed by atoms with Gasteiger partial charge < -0.3 is 19.1 Å². The Morgan fingerprint density at radius 2 is 0.926 bits per heavy atom. The van der Waals surface area contributed by atoms with E-state index in [9.17, 15) is 0 Å². The Hall–Kier alpha value is -7.20. The molecule has 1 aliphatic rings. The maximum Gasteiger partial charge on any atom is 0.135 e. The predicted octanol–water partition coefficient (Wildman–Crippen LogP) is 19.8. The third-order valence-electron chi connectivity index (χ3n) is 17.1. The topological polar surface area (TPSA) is 33.5 Å². The minimum Gasteiger partial charge on any atom is -0.509 e. The largest absolute Gasteiger partial charge is 0.509 e. The molecule has 0 aliphatic carbocycles. The SMILES string of the molecule is CC(C)(C)c1ccnc(-n2c3[c-]c(Oc4[c-]c(N5[CH-]N(c6cc(C(C)(C)c7ccccc7)cc(C(C)(C)c7ccccc7)c6)c6cc(C(C)(C)C)ccc65)cc(C(C)(C)c5ccccc5)c4)cc(C(C)(C)C)c3c3ccccc32)c1.[Pt]. The molecule has 81 heavy (non-hydrogen) atoms. The Morgan fingerprint density at radius 3 is 1.47 bits per heavy atom. The zero-order valence-electron chi connectivity index (χ0n) is 50.0. The number of pyridine rings is 1. The van der Waals surface area contributed by atoms with Gasteiger partial charge in [0.05, 0.1) is 0 Å². The zero-order chi connectivity index (χ0) is 56.7. The Morgan fingerprint density at radius 1 is 0.420 bits per heavy atom. The summed E-state index contributed by atoms with van der Waals surface area (Å²) in [5, 5.41) is 2.31. The van der Waals surface area contributed by atoms with Crippen LogP contribution in [0.3, 0.4) is 0 Å². The summed E-state index contributed by atoms with van der Waals surface area (Å²) in [5.74, 6) is 2.07. The molecule has 0 amide bonds. The number of hydrogen-bond donors (Lipinski definition) is 0. The summed E-state index contributed by atoms with van der Waals surface area (Å²) in [6.45, 7) is 36.8. The molecule has 3 heterocycles. The first-order valence-electron chi connectivity index (χ1n) is 28.4. The average Bonchev–Trinajstić information content (AvgIpc) is 4.21. The van der Waals surface area contributed by atoms with E-state index in [0.29, 0.717) is 11.5 Å². The van der Waals surface area contributed by atoms with E-state index in [4.69, 9.17) is 9.72 Å². The summed E-state index contributed by atoms with van der Waals surface area (Å²) in [5.41, 5.74) is 15.6. The maximum atomic E-state index is 7.31. The number of ether oxygens (including phenoxy) is 1. The Labute approximate surface area is 497 Å². The Kier molecular flexibility index (Phi) is 14.8. The summed E-state index contributed by atoms with van der Waals surface area (Å²) in [6, 6.07) is 74.3. The van der Waals surface area contributed by atoms with Crippen LogP contribution < -0.4 is 14.5 Å². The van der Waals surface area contributed by atoms with Gasteiger partial charge in [-0.05, 0) is 108 Å². The number of anilines is 4. The molecule has 416 valence electrons. The molecule has 2 aromatic heterocycles. The Bertz CT molecular complexity index is 3860. The van der Waals surface area contributed by atoms with E-state index in [-0.39, 0.29) is 48.1 Å². The van der Waals surface area contributed by atoms with Gasteiger partial charge in [-0.2, -0.15) is 0 Å². The van der Waals surface area contributed by atoms with Gasteiger partial charge in [0.2, 0.25) is 0 Å². The minimum atomic E-state index is -0.419. The molecule has 0 radical (unpaired) electrons. The van der Waals surface area contributed by atoms with Crippen LogP contribution in [0.2, 0.25) is 0 Å². The van der Waals surface area contributed by atoms with Gasteiger partial charge in [0.15, 0.2) is 0 Å². The zero-order valence-corrected chi connectivity index (χ0v) is 52.3. The van der Waals surface area contributed by atoms with E-state index in [2.05, 4.69) is 319 Å². The average molecular weight is 1250 g/mol. The fourth-order valence-corrected chi connectivity index (χ4v) is 11.6. The first-order valence-corrected chi connectivity index (χ1v) is 28.4. The van der Waals surface area contributed by atoms with E-state index in [0.717, 1.165) is 55.9 Å². The van der Waals surface area contributed by atoms with E-state index in [1.54, 1.807) is 0 Å². The van der Waals surface area contributed by atoms with Gasteiger partial charge in [-0.1, -0.05) is 236 Å². The molecule has 0 atom stereocenters. The van der Waals surface area contributed by atoms with Crippen molar-refractivity contribution >= 4 is 44.6 Å². The summed E-state index contributed by atoms with van der Waals surface area (Å²) in [4.78, 5) is 9.75. The number of para-hydroxylation sites is 1. The molecule has 0 saturated carbocycles. The second-order valence-electron chi connectivity index (χ2n) is 26.8. The van der Waals surface area contributed by atoms with Gasteiger partial charge in [-0.25, -0.2) is 4.98 Å². The summed E-state index contributed by atoms with van der Waals surface area (Å²) < 4.78 is 9.58. The number of nitrogens with zero attached hydrogens (tertiary/aromatic N) is 4. The number of aromatic nitrogens is 2. The normalized spacial score (nSPS) is 13.4. The molecule has 0 spiro atoms. The predicted molar refractivity (Wildman–Crippen MR) is 336 cm³/mol. The minimum absolute atomic E-state index is 0. The van der Waals surface area contributed by atoms with E-state index in [1.807, 2.05) is 6.20 Å². The van der Waals surface area contributed by atoms with Crippen LogP contribution in [0.5, 0.6) is 11.5 Å². The van der Waals surface area contributed by atoms with Crippen molar-refractivity contribution in [2.45, 2.75) is 136 Å². The van der Waals surface area contributed by atoms with Crippen molar-refractivity contribution in [3.63, 3.8) is 0 Å². The van der Waals surface area contributed by atoms with Gasteiger partial charge in [-0.15, -0.1) is 53.8 Å². The van der Waals surface area contributed by atoms with Crippen molar-refractivity contribution in [2.24, 2.45) is 0 Å². The standard InChI is InChI=1S/C75H77N4O.Pt/c1-70(2,3)53-35-36-65-66(44-53)78(58-40-55(73(10,11)50-27-19-16-20-28-50)39-56(41-58)74(12,13)51-29-21-17-22-30-51)49-77(65)59-42-57(75(14,15)52-31-23-18-24-32-52)43-60(46-59)80-61-47-63(72(7,8)9)69-62-33-25-26-34-64(62)79(67(69)48-61)68-45-54(37-38-76-68)71(4,5)6;/h16-45,47,49H,1-15H3;/q-3;. The molecule has 0 fully saturated rings. The second kappa shape index (κ2) is 21.0. The van der Waals surface area contributed by atoms with Crippen molar-refractivity contribution in [1.82, 2.24) is 9.55 Å². The molecule has 5 nitrogen and oxygen atoms in total. The molecular formula is C75H77N4OPt-3. The summed E-state index contributed by atoms with van der Waals surface area (Å²) in [6.07, 6.45) is 1.93. The van der Waals surface area contributed by atoms with Crippen molar-refractivity contribution in [3.8, 4) is 17.3 Å². The molecule has 11 rings (SSSR count). The van der Waals surface area contributed by atoms with Crippen LogP contribution in [0.25, 0.3) is 27.6 Å². The fraction of sp³-hybridized carbons (Fsp3) is 0.280. The second-order valence-corrected chi connectivity index (χ2v) is 26.8. The number of rotatable bonds is 11. The summed E-state index contributed by atoms with van der Waals surface area (Å²) >= 11 is 0. The van der Waals surface area contributed by atoms with Gasteiger partial charge in [-0.3, -0.25) is 0 Å². The molecule has 0 N–H and O–H groups in total. The van der Waals surface area contributed by atoms with Gasteiger partial charge in [0, 0.05) is 72.2 Å². The molecule has 0 saturated heterocycles. The van der Waals surface area contributed by atoms with Gasteiger partial charge in [0.25, 0.3) is 0 Å². The first kappa shape index (κ1) is 57.0. The van der Waals surface area contributed by atoms with E-state index < -0.39 is 5.41 Å². The molecule has 1 aliphatic heterocycles. The van der Waals surface area contributed by atoms with Crippen LogP contribution in [0.15, 0.2) is 188 Å². The third kappa shape index (κ3) is 10.7. The third-order valence-corrected chi connectivity index (χ3v) is 17.1. The van der Waals surface area contributed by atoms with Crippen LogP contribution in [0.1, 0.15) is 154 Å². The molecule has 8 aromatic carbocycles. The van der Waals surface area contributed by atoms with Crippen LogP contribution in [-0.4, -0.2) is 9.55 Å². The Balaban J connectivity index is 0.00000736. The molecule has 10 aromatic rings. The van der Waals surface area contributed by atoms with Crippen molar-refractivity contribution in [3.05, 3.63) is 257 Å². The van der Waals surface area contributed by atoms with Gasteiger partial charge >= 0.3 is 0 Å². The number of fused-ring (bicyclic) bond motifs is 4. The smallest absolute Gasteiger partial charge is 0.135 e. The van der Waals surface area contributed by atoms with Gasteiger partial charge in [0.1, 0.15) is 5.82 Å². The van der Waals surface area contributed by atoms with Crippen molar-refractivity contribution in [2.75, 3.05) is 9.80 Å². The molecular weight excluding hydrogens is 1170 g/mol. The van der Waals surface area contributed by atoms with E-state index >= 15 is 0 Å². The van der Waals surface area contributed by atoms with Crippen LogP contribution in [0.4, 0.5) is 22.7 Å². The van der Waals surface area contributed by atoms with Crippen LogP contribution in [-0.2, 0) is 53.6 Å². The molecule has 0 unspecified atom stereocenters. The van der Waals surface area contributed by atoms with Crippen molar-refractivity contribution < 1.29 is 25.8 Å². The first-order chi connectivity index (χ1) is 37.8. The van der Waals surface area contributed by atoms with Crippen LogP contribution in [0, 0.1) is 18.8 Å². The molecule has 6 heteroatoms. The quantitative estimate of drug-likeness (QED) is 0.121. The fourth-order valence-electron chi connectivity index (χ4n) is 11.6. The van der Waals surface area contributed by atoms with Crippen LogP contribution >= 0.6 is 0 Å². The number of benzene rings is 8. The molecule has 0 bridgehead atoms. The monoisotopic (exact) mass is 1240 g/mol. The van der Waals surface area contributed by atoms with E-state index in [1.165, 1.54) is 44.5 Å².